The molecule has 0 bridgehead atoms. The maximum Gasteiger partial charge on any atom is 0.123 e. The Morgan fingerprint density at radius 2 is 1.75 bits per heavy atom. The number of halogens is 1. The minimum absolute atomic E-state index is 0.128. The molecule has 1 heterocycles. The third-order valence-electron chi connectivity index (χ3n) is 5.47. The molecule has 20 heavy (non-hydrogen) atoms. The molecule has 2 heteroatoms. The number of rotatable bonds is 1. The molecule has 1 N–H and O–H groups in total. The number of nitrogens with one attached hydrogen (secondary N) is 1. The van der Waals surface area contributed by atoms with E-state index in [1.807, 2.05) is 12.1 Å². The molecule has 1 aromatic rings. The molecule has 0 aromatic heterocycles. The van der Waals surface area contributed by atoms with Gasteiger partial charge in [-0.2, -0.15) is 0 Å². The molecule has 3 atom stereocenters. The Morgan fingerprint density at radius 3 is 2.40 bits per heavy atom. The van der Waals surface area contributed by atoms with Crippen LogP contribution >= 0.6 is 0 Å². The second kappa shape index (κ2) is 5.48. The van der Waals surface area contributed by atoms with E-state index in [2.05, 4.69) is 19.2 Å². The zero-order valence-corrected chi connectivity index (χ0v) is 12.7. The first-order valence-corrected chi connectivity index (χ1v) is 8.05. The molecular formula is C18H26FN. The highest BCUT2D eigenvalue weighted by Crippen LogP contribution is 2.53. The van der Waals surface area contributed by atoms with Crippen LogP contribution in [0.25, 0.3) is 0 Å². The highest BCUT2D eigenvalue weighted by atomic mass is 19.1. The minimum Gasteiger partial charge on any atom is -0.316 e. The van der Waals surface area contributed by atoms with Gasteiger partial charge in [-0.25, -0.2) is 4.39 Å². The van der Waals surface area contributed by atoms with Gasteiger partial charge < -0.3 is 5.32 Å². The lowest BCUT2D eigenvalue weighted by Crippen LogP contribution is -2.47. The van der Waals surface area contributed by atoms with Crippen molar-refractivity contribution in [3.05, 3.63) is 35.6 Å². The molecule has 0 amide bonds. The Bertz CT molecular complexity index is 443. The van der Waals surface area contributed by atoms with E-state index in [0.29, 0.717) is 11.3 Å². The van der Waals surface area contributed by atoms with Crippen LogP contribution in [0.2, 0.25) is 0 Å². The normalized spacial score (nSPS) is 38.0. The van der Waals surface area contributed by atoms with Gasteiger partial charge in [0.15, 0.2) is 0 Å². The average molecular weight is 275 g/mol. The standard InChI is InChI=1S/C18H26FN/c1-13-9-14(2)11-18(10-13)7-8-20-12-17(18)15-3-5-16(19)6-4-15/h3-6,13-14,17,20H,7-12H2,1-2H3. The first kappa shape index (κ1) is 14.1. The van der Waals surface area contributed by atoms with Gasteiger partial charge in [-0.15, -0.1) is 0 Å². The van der Waals surface area contributed by atoms with Crippen LogP contribution < -0.4 is 5.32 Å². The van der Waals surface area contributed by atoms with Crippen molar-refractivity contribution >= 4 is 0 Å². The van der Waals surface area contributed by atoms with Crippen molar-refractivity contribution in [2.75, 3.05) is 13.1 Å². The monoisotopic (exact) mass is 275 g/mol. The van der Waals surface area contributed by atoms with E-state index >= 15 is 0 Å². The van der Waals surface area contributed by atoms with Gasteiger partial charge in [-0.3, -0.25) is 0 Å². The molecule has 1 aliphatic carbocycles. The highest BCUT2D eigenvalue weighted by Gasteiger charge is 2.45. The van der Waals surface area contributed by atoms with Crippen LogP contribution in [-0.4, -0.2) is 13.1 Å². The summed E-state index contributed by atoms with van der Waals surface area (Å²) in [6.45, 7) is 6.99. The molecule has 1 saturated heterocycles. The van der Waals surface area contributed by atoms with E-state index in [0.717, 1.165) is 24.9 Å². The van der Waals surface area contributed by atoms with Crippen LogP contribution in [0.1, 0.15) is 51.0 Å². The molecule has 1 saturated carbocycles. The van der Waals surface area contributed by atoms with Crippen LogP contribution in [0.15, 0.2) is 24.3 Å². The van der Waals surface area contributed by atoms with Crippen molar-refractivity contribution in [1.82, 2.24) is 5.32 Å². The molecule has 3 rings (SSSR count). The molecule has 1 spiro atoms. The molecule has 0 radical (unpaired) electrons. The summed E-state index contributed by atoms with van der Waals surface area (Å²) in [7, 11) is 0. The first-order valence-electron chi connectivity index (χ1n) is 8.05. The van der Waals surface area contributed by atoms with E-state index in [9.17, 15) is 4.39 Å². The lowest BCUT2D eigenvalue weighted by Gasteiger charge is -2.51. The molecule has 1 aliphatic heterocycles. The predicted molar refractivity (Wildman–Crippen MR) is 81.2 cm³/mol. The summed E-state index contributed by atoms with van der Waals surface area (Å²) in [5.74, 6) is 2.05. The second-order valence-electron chi connectivity index (χ2n) is 7.27. The fraction of sp³-hybridized carbons (Fsp3) is 0.667. The predicted octanol–water partition coefficient (Wildman–Crippen LogP) is 4.35. The maximum absolute atomic E-state index is 13.2. The van der Waals surface area contributed by atoms with Crippen molar-refractivity contribution in [3.63, 3.8) is 0 Å². The van der Waals surface area contributed by atoms with Crippen molar-refractivity contribution in [2.45, 2.75) is 45.4 Å². The lowest BCUT2D eigenvalue weighted by molar-refractivity contribution is 0.0471. The van der Waals surface area contributed by atoms with E-state index in [-0.39, 0.29) is 5.82 Å². The largest absolute Gasteiger partial charge is 0.316 e. The van der Waals surface area contributed by atoms with Crippen molar-refractivity contribution in [1.29, 1.82) is 0 Å². The van der Waals surface area contributed by atoms with Crippen LogP contribution in [-0.2, 0) is 0 Å². The summed E-state index contributed by atoms with van der Waals surface area (Å²) in [6, 6.07) is 7.23. The maximum atomic E-state index is 13.2. The van der Waals surface area contributed by atoms with Crippen molar-refractivity contribution in [3.8, 4) is 0 Å². The Kier molecular flexibility index (Phi) is 3.85. The van der Waals surface area contributed by atoms with Crippen LogP contribution in [0.4, 0.5) is 4.39 Å². The smallest absolute Gasteiger partial charge is 0.123 e. The molecule has 3 unspecified atom stereocenters. The summed E-state index contributed by atoms with van der Waals surface area (Å²) in [5.41, 5.74) is 1.75. The minimum atomic E-state index is -0.128. The summed E-state index contributed by atoms with van der Waals surface area (Å²) >= 11 is 0. The third kappa shape index (κ3) is 2.63. The Morgan fingerprint density at radius 1 is 1.10 bits per heavy atom. The lowest BCUT2D eigenvalue weighted by atomic mass is 9.56. The van der Waals surface area contributed by atoms with Gasteiger partial charge >= 0.3 is 0 Å². The molecule has 110 valence electrons. The van der Waals surface area contributed by atoms with Gasteiger partial charge in [0.1, 0.15) is 5.82 Å². The van der Waals surface area contributed by atoms with E-state index in [4.69, 9.17) is 0 Å². The fourth-order valence-corrected chi connectivity index (χ4v) is 4.95. The molecule has 2 aliphatic rings. The highest BCUT2D eigenvalue weighted by molar-refractivity contribution is 5.25. The summed E-state index contributed by atoms with van der Waals surface area (Å²) in [5, 5.41) is 3.56. The summed E-state index contributed by atoms with van der Waals surface area (Å²) in [6.07, 6.45) is 5.30. The molecule has 2 fully saturated rings. The van der Waals surface area contributed by atoms with E-state index in [1.165, 1.54) is 31.2 Å². The number of hydrogen-bond donors (Lipinski definition) is 1. The van der Waals surface area contributed by atoms with Gasteiger partial charge in [-0.1, -0.05) is 26.0 Å². The Balaban J connectivity index is 1.92. The van der Waals surface area contributed by atoms with Crippen LogP contribution in [0.5, 0.6) is 0 Å². The van der Waals surface area contributed by atoms with Gasteiger partial charge in [-0.05, 0) is 67.2 Å². The Hall–Kier alpha value is -0.890. The van der Waals surface area contributed by atoms with Crippen LogP contribution in [0.3, 0.4) is 0 Å². The molecule has 1 nitrogen and oxygen atoms in total. The summed E-state index contributed by atoms with van der Waals surface area (Å²) in [4.78, 5) is 0. The first-order chi connectivity index (χ1) is 9.59. The zero-order chi connectivity index (χ0) is 14.2. The zero-order valence-electron chi connectivity index (χ0n) is 12.7. The average Bonchev–Trinajstić information content (AvgIpc) is 2.39. The van der Waals surface area contributed by atoms with Gasteiger partial charge in [0.2, 0.25) is 0 Å². The number of hydrogen-bond acceptors (Lipinski definition) is 1. The number of piperidine rings is 1. The van der Waals surface area contributed by atoms with Gasteiger partial charge in [0.25, 0.3) is 0 Å². The SMILES string of the molecule is CC1CC(C)CC2(CCNCC2c2ccc(F)cc2)C1. The third-order valence-corrected chi connectivity index (χ3v) is 5.47. The second-order valence-corrected chi connectivity index (χ2v) is 7.27. The van der Waals surface area contributed by atoms with E-state index in [1.54, 1.807) is 12.1 Å². The summed E-state index contributed by atoms with van der Waals surface area (Å²) < 4.78 is 13.2. The van der Waals surface area contributed by atoms with Crippen molar-refractivity contribution < 1.29 is 4.39 Å². The Labute approximate surface area is 122 Å². The van der Waals surface area contributed by atoms with Gasteiger partial charge in [0, 0.05) is 12.5 Å². The van der Waals surface area contributed by atoms with Crippen LogP contribution in [0, 0.1) is 23.1 Å². The number of benzene rings is 1. The van der Waals surface area contributed by atoms with E-state index < -0.39 is 0 Å². The molecular weight excluding hydrogens is 249 g/mol. The fourth-order valence-electron chi connectivity index (χ4n) is 4.95. The molecule has 1 aromatic carbocycles. The van der Waals surface area contributed by atoms with Gasteiger partial charge in [0.05, 0.1) is 0 Å². The van der Waals surface area contributed by atoms with Crippen molar-refractivity contribution in [2.24, 2.45) is 17.3 Å². The quantitative estimate of drug-likeness (QED) is 0.803. The topological polar surface area (TPSA) is 12.0 Å².